The standard InChI is InChI=1S/C31H24ClN3O6S2/c1-16-13-21-14-19(11-12-23(21)41-16)26(36)24-25(17-7-9-18(10-8-17)29(39)40-2)35(28(38)27(24)37)30-33-34-31(43-30)42-15-20-5-3-4-6-22(20)32/h3-12,14,16,25,36H,13,15H2,1-2H3/t16-,25-/m0/s1. The molecule has 4 aromatic rings. The van der Waals surface area contributed by atoms with Crippen LogP contribution in [0.2, 0.25) is 5.02 Å². The third-order valence-corrected chi connectivity index (χ3v) is 9.65. The van der Waals surface area contributed by atoms with Gasteiger partial charge in [0.2, 0.25) is 5.13 Å². The zero-order valence-electron chi connectivity index (χ0n) is 22.9. The number of nitrogens with zero attached hydrogens (tertiary/aromatic N) is 3. The summed E-state index contributed by atoms with van der Waals surface area (Å²) >= 11 is 8.85. The maximum Gasteiger partial charge on any atom is 0.337 e. The maximum absolute atomic E-state index is 13.6. The molecule has 0 spiro atoms. The molecule has 3 aromatic carbocycles. The van der Waals surface area contributed by atoms with Crippen LogP contribution in [0.1, 0.15) is 45.6 Å². The normalized spacial score (nSPS) is 18.9. The van der Waals surface area contributed by atoms with Crippen LogP contribution < -0.4 is 9.64 Å². The van der Waals surface area contributed by atoms with Crippen LogP contribution in [0.4, 0.5) is 5.13 Å². The molecule has 3 heterocycles. The van der Waals surface area contributed by atoms with E-state index in [1.807, 2.05) is 31.2 Å². The number of halogens is 1. The fourth-order valence-corrected chi connectivity index (χ4v) is 7.26. The number of amides is 1. The zero-order chi connectivity index (χ0) is 30.2. The number of aliphatic hydroxyl groups is 1. The highest BCUT2D eigenvalue weighted by Crippen LogP contribution is 2.45. The smallest absolute Gasteiger partial charge is 0.337 e. The molecule has 0 radical (unpaired) electrons. The largest absolute Gasteiger partial charge is 0.507 e. The summed E-state index contributed by atoms with van der Waals surface area (Å²) in [6.07, 6.45) is 0.650. The van der Waals surface area contributed by atoms with E-state index < -0.39 is 23.7 Å². The quantitative estimate of drug-likeness (QED) is 0.0632. The van der Waals surface area contributed by atoms with E-state index in [0.717, 1.165) is 28.2 Å². The fraction of sp³-hybridized carbons (Fsp3) is 0.194. The fourth-order valence-electron chi connectivity index (χ4n) is 5.10. The minimum atomic E-state index is -1.02. The summed E-state index contributed by atoms with van der Waals surface area (Å²) in [6.45, 7) is 1.95. The summed E-state index contributed by atoms with van der Waals surface area (Å²) in [5.41, 5.74) is 2.90. The van der Waals surface area contributed by atoms with Gasteiger partial charge in [-0.25, -0.2) is 4.79 Å². The molecule has 1 saturated heterocycles. The van der Waals surface area contributed by atoms with Gasteiger partial charge in [0.25, 0.3) is 5.78 Å². The molecule has 1 amide bonds. The number of ether oxygens (including phenoxy) is 2. The number of benzene rings is 3. The molecule has 1 aromatic heterocycles. The lowest BCUT2D eigenvalue weighted by Gasteiger charge is -2.22. The van der Waals surface area contributed by atoms with Gasteiger partial charge < -0.3 is 14.6 Å². The van der Waals surface area contributed by atoms with Gasteiger partial charge in [-0.15, -0.1) is 10.2 Å². The number of Topliss-reactive ketones (excluding diaryl/α,β-unsaturated/α-hetero) is 1. The summed E-state index contributed by atoms with van der Waals surface area (Å²) in [4.78, 5) is 40.5. The highest BCUT2D eigenvalue weighted by Gasteiger charge is 2.48. The number of hydrogen-bond acceptors (Lipinski definition) is 10. The maximum atomic E-state index is 13.6. The summed E-state index contributed by atoms with van der Waals surface area (Å²) < 4.78 is 11.2. The van der Waals surface area contributed by atoms with Gasteiger partial charge in [-0.1, -0.05) is 65.0 Å². The Balaban J connectivity index is 1.40. The van der Waals surface area contributed by atoms with Crippen molar-refractivity contribution in [2.75, 3.05) is 12.0 Å². The highest BCUT2D eigenvalue weighted by atomic mass is 35.5. The van der Waals surface area contributed by atoms with Crippen molar-refractivity contribution in [1.29, 1.82) is 0 Å². The zero-order valence-corrected chi connectivity index (χ0v) is 25.3. The van der Waals surface area contributed by atoms with E-state index in [1.54, 1.807) is 42.5 Å². The van der Waals surface area contributed by atoms with E-state index in [1.165, 1.54) is 23.8 Å². The Morgan fingerprint density at radius 1 is 1.12 bits per heavy atom. The Labute approximate surface area is 260 Å². The van der Waals surface area contributed by atoms with Crippen molar-refractivity contribution in [3.05, 3.63) is 105 Å². The Kier molecular flexibility index (Phi) is 7.95. The van der Waals surface area contributed by atoms with Gasteiger partial charge in [0.05, 0.1) is 24.3 Å². The predicted molar refractivity (Wildman–Crippen MR) is 164 cm³/mol. The first-order valence-electron chi connectivity index (χ1n) is 13.2. The second-order valence-corrected chi connectivity index (χ2v) is 12.6. The molecule has 2 atom stereocenters. The number of ketones is 1. The van der Waals surface area contributed by atoms with Gasteiger partial charge in [-0.2, -0.15) is 0 Å². The summed E-state index contributed by atoms with van der Waals surface area (Å²) in [6, 6.07) is 18.0. The first-order valence-corrected chi connectivity index (χ1v) is 15.4. The second-order valence-electron chi connectivity index (χ2n) is 9.97. The molecule has 0 bridgehead atoms. The number of anilines is 1. The number of aliphatic hydroxyl groups excluding tert-OH is 1. The van der Waals surface area contributed by atoms with Crippen LogP contribution in [0.15, 0.2) is 76.6 Å². The lowest BCUT2D eigenvalue weighted by Crippen LogP contribution is -2.29. The number of fused-ring (bicyclic) bond motifs is 1. The number of aromatic nitrogens is 2. The Bertz CT molecular complexity index is 1790. The van der Waals surface area contributed by atoms with E-state index in [0.29, 0.717) is 38.2 Å². The van der Waals surface area contributed by atoms with Crippen molar-refractivity contribution in [2.45, 2.75) is 35.6 Å². The average molecular weight is 634 g/mol. The van der Waals surface area contributed by atoms with Crippen molar-refractivity contribution in [2.24, 2.45) is 0 Å². The molecule has 1 fully saturated rings. The van der Waals surface area contributed by atoms with Crippen molar-refractivity contribution in [1.82, 2.24) is 10.2 Å². The summed E-state index contributed by atoms with van der Waals surface area (Å²) in [7, 11) is 1.28. The Morgan fingerprint density at radius 3 is 2.60 bits per heavy atom. The van der Waals surface area contributed by atoms with Crippen LogP contribution in [0.25, 0.3) is 5.76 Å². The summed E-state index contributed by atoms with van der Waals surface area (Å²) in [5.74, 6) is -1.30. The van der Waals surface area contributed by atoms with Crippen molar-refractivity contribution in [3.8, 4) is 5.75 Å². The molecular weight excluding hydrogens is 610 g/mol. The molecule has 6 rings (SSSR count). The molecule has 2 aliphatic heterocycles. The van der Waals surface area contributed by atoms with E-state index in [2.05, 4.69) is 10.2 Å². The van der Waals surface area contributed by atoms with Gasteiger partial charge in [-0.05, 0) is 60.0 Å². The van der Waals surface area contributed by atoms with Crippen LogP contribution in [-0.4, -0.2) is 46.2 Å². The van der Waals surface area contributed by atoms with Gasteiger partial charge in [0.15, 0.2) is 4.34 Å². The van der Waals surface area contributed by atoms with Crippen molar-refractivity contribution >= 4 is 63.3 Å². The number of carbonyl (C=O) groups is 3. The molecular formula is C31H24ClN3O6S2. The van der Waals surface area contributed by atoms with Crippen LogP contribution in [0.3, 0.4) is 0 Å². The molecule has 12 heteroatoms. The van der Waals surface area contributed by atoms with Crippen molar-refractivity contribution in [3.63, 3.8) is 0 Å². The van der Waals surface area contributed by atoms with E-state index in [-0.39, 0.29) is 22.6 Å². The van der Waals surface area contributed by atoms with Crippen LogP contribution in [-0.2, 0) is 26.5 Å². The minimum Gasteiger partial charge on any atom is -0.507 e. The molecule has 1 N–H and O–H groups in total. The third kappa shape index (κ3) is 5.51. The molecule has 43 heavy (non-hydrogen) atoms. The molecule has 0 unspecified atom stereocenters. The molecule has 9 nitrogen and oxygen atoms in total. The minimum absolute atomic E-state index is 0.00585. The lowest BCUT2D eigenvalue weighted by atomic mass is 9.94. The van der Waals surface area contributed by atoms with Gasteiger partial charge in [0, 0.05) is 22.8 Å². The number of rotatable bonds is 7. The first kappa shape index (κ1) is 28.9. The number of methoxy groups -OCH3 is 1. The van der Waals surface area contributed by atoms with Crippen molar-refractivity contribution < 1.29 is 29.0 Å². The molecule has 2 aliphatic rings. The van der Waals surface area contributed by atoms with E-state index in [9.17, 15) is 19.5 Å². The molecule has 218 valence electrons. The average Bonchev–Trinajstić information content (AvgIpc) is 3.70. The number of hydrogen-bond donors (Lipinski definition) is 1. The van der Waals surface area contributed by atoms with E-state index in [4.69, 9.17) is 21.1 Å². The highest BCUT2D eigenvalue weighted by molar-refractivity contribution is 8.00. The van der Waals surface area contributed by atoms with E-state index >= 15 is 0 Å². The van der Waals surface area contributed by atoms with Gasteiger partial charge in [0.1, 0.15) is 17.6 Å². The second kappa shape index (κ2) is 11.8. The van der Waals surface area contributed by atoms with Crippen LogP contribution in [0, 0.1) is 0 Å². The van der Waals surface area contributed by atoms with Gasteiger partial charge >= 0.3 is 11.9 Å². The SMILES string of the molecule is COC(=O)c1ccc([C@H]2C(=C(O)c3ccc4c(c3)C[C@H](C)O4)C(=O)C(=O)N2c2nnc(SCc3ccccc3Cl)s2)cc1. The lowest BCUT2D eigenvalue weighted by molar-refractivity contribution is -0.132. The monoisotopic (exact) mass is 633 g/mol. The van der Waals surface area contributed by atoms with Crippen LogP contribution in [0.5, 0.6) is 5.75 Å². The number of esters is 1. The topological polar surface area (TPSA) is 119 Å². The molecule has 0 aliphatic carbocycles. The number of thioether (sulfide) groups is 1. The summed E-state index contributed by atoms with van der Waals surface area (Å²) in [5, 5.41) is 20.9. The number of carbonyl (C=O) groups excluding carboxylic acids is 3. The van der Waals surface area contributed by atoms with Crippen LogP contribution >= 0.6 is 34.7 Å². The predicted octanol–water partition coefficient (Wildman–Crippen LogP) is 6.22. The Hall–Kier alpha value is -4.19. The Morgan fingerprint density at radius 2 is 1.86 bits per heavy atom. The molecule has 0 saturated carbocycles. The van der Waals surface area contributed by atoms with Gasteiger partial charge in [-0.3, -0.25) is 14.5 Å². The third-order valence-electron chi connectivity index (χ3n) is 7.17. The first-order chi connectivity index (χ1) is 20.7.